The number of rotatable bonds is 5. The maximum Gasteiger partial charge on any atom is 0.164 e. The second-order valence-electron chi connectivity index (χ2n) is 11.2. The molecule has 0 spiro atoms. The number of benzene rings is 7. The average Bonchev–Trinajstić information content (AvgIpc) is 3.87. The summed E-state index contributed by atoms with van der Waals surface area (Å²) in [5.41, 5.74) is -0.973. The normalized spacial score (nSPS) is 16.1. The second-order valence-corrected chi connectivity index (χ2v) is 11.2. The molecule has 0 unspecified atom stereocenters. The molecule has 234 valence electrons. The molecule has 0 amide bonds. The van der Waals surface area contributed by atoms with Crippen LogP contribution in [-0.2, 0) is 0 Å². The van der Waals surface area contributed by atoms with E-state index in [0.717, 1.165) is 15.3 Å². The number of nitrogens with zero attached hydrogens (tertiary/aromatic N) is 4. The van der Waals surface area contributed by atoms with Crippen LogP contribution in [0, 0.1) is 0 Å². The van der Waals surface area contributed by atoms with Gasteiger partial charge in [-0.2, -0.15) is 0 Å². The SMILES string of the molecule is [2H]c1c([2H])c([2H])c(-n2c3c([2H])c([2H])c([2H])c([2H])c3c3c([2H])c([2H])c([2H])c(-c4c([2H])c([2H])c(-c5nc(-c6ccccc6)nc(-c6ccc7c(c6)oc6ccccc67)n5)c([2H])c4[2H])c32)c([2H])c1[2H]. The lowest BCUT2D eigenvalue weighted by Gasteiger charge is -2.12. The van der Waals surface area contributed by atoms with Gasteiger partial charge < -0.3 is 8.98 Å². The van der Waals surface area contributed by atoms with Gasteiger partial charge in [0.25, 0.3) is 0 Å². The Bertz CT molecular complexity index is 3740. The molecular formula is C45H28N4O. The summed E-state index contributed by atoms with van der Waals surface area (Å²) in [6, 6.07) is 9.18. The highest BCUT2D eigenvalue weighted by molar-refractivity contribution is 6.13. The van der Waals surface area contributed by atoms with Gasteiger partial charge in [-0.25, -0.2) is 15.0 Å². The fraction of sp³-hybridized carbons (Fsp3) is 0. The Morgan fingerprint density at radius 2 is 1.12 bits per heavy atom. The van der Waals surface area contributed by atoms with Crippen molar-refractivity contribution in [2.24, 2.45) is 0 Å². The van der Waals surface area contributed by atoms with Crippen molar-refractivity contribution in [1.82, 2.24) is 19.5 Å². The van der Waals surface area contributed by atoms with Crippen LogP contribution in [0.25, 0.3) is 94.7 Å². The Labute approximate surface area is 310 Å². The van der Waals surface area contributed by atoms with Crippen molar-refractivity contribution in [3.05, 3.63) is 169 Å². The van der Waals surface area contributed by atoms with E-state index in [4.69, 9.17) is 24.5 Å². The molecule has 0 bridgehead atoms. The smallest absolute Gasteiger partial charge is 0.164 e. The van der Waals surface area contributed by atoms with E-state index in [1.807, 2.05) is 30.3 Å². The molecule has 50 heavy (non-hydrogen) atoms. The summed E-state index contributed by atoms with van der Waals surface area (Å²) >= 11 is 0. The van der Waals surface area contributed by atoms with Gasteiger partial charge in [0.15, 0.2) is 17.5 Å². The molecule has 3 aromatic heterocycles. The first kappa shape index (κ1) is 16.5. The monoisotopic (exact) mass is 656 g/mol. The molecule has 3 heterocycles. The van der Waals surface area contributed by atoms with Crippen LogP contribution in [0.2, 0.25) is 0 Å². The Kier molecular flexibility index (Phi) is 3.76. The molecule has 0 aliphatic heterocycles. The van der Waals surface area contributed by atoms with E-state index in [-0.39, 0.29) is 23.0 Å². The predicted octanol–water partition coefficient (Wildman–Crippen LogP) is 11.5. The van der Waals surface area contributed by atoms with E-state index in [9.17, 15) is 6.85 Å². The van der Waals surface area contributed by atoms with Gasteiger partial charge in [-0.15, -0.1) is 0 Å². The number of hydrogen-bond donors (Lipinski definition) is 0. The first-order chi connectivity index (χ1) is 31.4. The summed E-state index contributed by atoms with van der Waals surface area (Å²) in [7, 11) is 0. The molecule has 0 atom stereocenters. The molecular weight excluding hydrogens is 613 g/mol. The lowest BCUT2D eigenvalue weighted by Crippen LogP contribution is -2.00. The summed E-state index contributed by atoms with van der Waals surface area (Å²) in [6.45, 7) is 0. The number of para-hydroxylation sites is 4. The molecule has 0 aliphatic carbocycles. The van der Waals surface area contributed by atoms with Crippen molar-refractivity contribution in [3.8, 4) is 51.0 Å². The molecule has 0 fully saturated rings. The minimum absolute atomic E-state index is 0.102. The second kappa shape index (κ2) is 11.4. The minimum Gasteiger partial charge on any atom is -0.456 e. The van der Waals surface area contributed by atoms with E-state index < -0.39 is 135 Å². The zero-order valence-corrected chi connectivity index (χ0v) is 25.6. The maximum atomic E-state index is 9.51. The topological polar surface area (TPSA) is 56.7 Å². The van der Waals surface area contributed by atoms with E-state index >= 15 is 0 Å². The van der Waals surface area contributed by atoms with E-state index in [0.29, 0.717) is 22.3 Å². The minimum atomic E-state index is -0.833. The zero-order valence-electron chi connectivity index (χ0n) is 41.6. The van der Waals surface area contributed by atoms with Crippen molar-refractivity contribution >= 4 is 43.7 Å². The fourth-order valence-corrected chi connectivity index (χ4v) is 6.08. The maximum absolute atomic E-state index is 9.51. The van der Waals surface area contributed by atoms with Gasteiger partial charge in [0.1, 0.15) is 11.2 Å². The van der Waals surface area contributed by atoms with Crippen LogP contribution in [0.5, 0.6) is 0 Å². The van der Waals surface area contributed by atoms with Crippen molar-refractivity contribution in [2.45, 2.75) is 0 Å². The van der Waals surface area contributed by atoms with Crippen molar-refractivity contribution in [1.29, 1.82) is 0 Å². The fourth-order valence-electron chi connectivity index (χ4n) is 6.08. The lowest BCUT2D eigenvalue weighted by atomic mass is 10.0. The van der Waals surface area contributed by atoms with Crippen LogP contribution in [0.15, 0.2) is 174 Å². The molecule has 0 saturated carbocycles. The highest BCUT2D eigenvalue weighted by atomic mass is 16.3. The summed E-state index contributed by atoms with van der Waals surface area (Å²) in [6.07, 6.45) is 0. The lowest BCUT2D eigenvalue weighted by molar-refractivity contribution is 0.669. The van der Waals surface area contributed by atoms with Crippen LogP contribution in [-0.4, -0.2) is 19.5 Å². The Hall–Kier alpha value is -6.85. The largest absolute Gasteiger partial charge is 0.456 e. The first-order valence-corrected chi connectivity index (χ1v) is 15.4. The average molecular weight is 657 g/mol. The molecule has 0 saturated heterocycles. The van der Waals surface area contributed by atoms with Gasteiger partial charge >= 0.3 is 0 Å². The zero-order chi connectivity index (χ0) is 46.9. The number of furan rings is 1. The van der Waals surface area contributed by atoms with Crippen LogP contribution >= 0.6 is 0 Å². The number of aromatic nitrogens is 4. The van der Waals surface area contributed by atoms with Gasteiger partial charge in [0, 0.05) is 49.5 Å². The molecule has 5 nitrogen and oxygen atoms in total. The Balaban J connectivity index is 1.30. The number of hydrogen-bond acceptors (Lipinski definition) is 4. The molecule has 7 aromatic carbocycles. The summed E-state index contributed by atoms with van der Waals surface area (Å²) in [5, 5.41) is 0.907. The van der Waals surface area contributed by atoms with Crippen LogP contribution in [0.3, 0.4) is 0 Å². The van der Waals surface area contributed by atoms with Crippen molar-refractivity contribution in [3.63, 3.8) is 0 Å². The van der Waals surface area contributed by atoms with E-state index in [2.05, 4.69) is 9.97 Å². The van der Waals surface area contributed by atoms with Gasteiger partial charge in [-0.1, -0.05) is 133 Å². The molecule has 0 N–H and O–H groups in total. The van der Waals surface area contributed by atoms with Gasteiger partial charge in [0.2, 0.25) is 0 Å². The highest BCUT2D eigenvalue weighted by Crippen LogP contribution is 2.39. The predicted molar refractivity (Wildman–Crippen MR) is 203 cm³/mol. The van der Waals surface area contributed by atoms with Crippen LogP contribution in [0.1, 0.15) is 21.9 Å². The third-order valence-corrected chi connectivity index (χ3v) is 8.33. The third-order valence-electron chi connectivity index (χ3n) is 8.33. The molecule has 5 heteroatoms. The van der Waals surface area contributed by atoms with Crippen molar-refractivity contribution in [2.75, 3.05) is 0 Å². The number of fused-ring (bicyclic) bond motifs is 6. The van der Waals surface area contributed by atoms with Crippen molar-refractivity contribution < 1.29 is 26.3 Å². The van der Waals surface area contributed by atoms with Crippen LogP contribution < -0.4 is 0 Å². The van der Waals surface area contributed by atoms with Crippen LogP contribution in [0.4, 0.5) is 0 Å². The summed E-state index contributed by atoms with van der Waals surface area (Å²) in [5.74, 6) is -0.0301. The first-order valence-electron chi connectivity index (χ1n) is 23.4. The summed E-state index contributed by atoms with van der Waals surface area (Å²) in [4.78, 5) is 14.1. The van der Waals surface area contributed by atoms with Gasteiger partial charge in [0.05, 0.1) is 33.0 Å². The van der Waals surface area contributed by atoms with Gasteiger partial charge in [-0.05, 0) is 41.9 Å². The quantitative estimate of drug-likeness (QED) is 0.185. The highest BCUT2D eigenvalue weighted by Gasteiger charge is 2.18. The molecule has 10 aromatic rings. The molecule has 0 aliphatic rings. The van der Waals surface area contributed by atoms with Gasteiger partial charge in [-0.3, -0.25) is 0 Å². The molecule has 10 rings (SSSR count). The standard InChI is InChI=1S/C45H28N4O/c1-3-12-30(13-4-1)43-46-44(48-45(47-43)32-26-27-37-36-17-8-10-21-40(36)50-41(37)28-32)31-24-22-29(23-25-31)34-18-11-19-38-35-16-7-9-20-39(35)49(42(34)38)33-14-5-2-6-15-33/h1-28H/i2D,5D,6D,7D,9D,11D,14D,15D,16D,18D,19D,20D,22D,23D,24D,25D. The third kappa shape index (κ3) is 4.60. The van der Waals surface area contributed by atoms with E-state index in [1.165, 1.54) is 0 Å². The Morgan fingerprint density at radius 1 is 0.460 bits per heavy atom. The Morgan fingerprint density at radius 3 is 1.96 bits per heavy atom. The summed E-state index contributed by atoms with van der Waals surface area (Å²) < 4.78 is 150. The van der Waals surface area contributed by atoms with E-state index in [1.54, 1.807) is 42.5 Å². The molecule has 0 radical (unpaired) electrons.